The predicted octanol–water partition coefficient (Wildman–Crippen LogP) is 2.41. The zero-order valence-corrected chi connectivity index (χ0v) is 13.1. The quantitative estimate of drug-likeness (QED) is 0.854. The van der Waals surface area contributed by atoms with Crippen molar-refractivity contribution >= 4 is 0 Å². The molecule has 2 aliphatic heterocycles. The second kappa shape index (κ2) is 4.96. The Labute approximate surface area is 123 Å². The van der Waals surface area contributed by atoms with Crippen molar-refractivity contribution < 1.29 is 4.74 Å². The third-order valence-corrected chi connectivity index (χ3v) is 6.25. The lowest BCUT2D eigenvalue weighted by atomic mass is 9.88. The van der Waals surface area contributed by atoms with E-state index in [2.05, 4.69) is 24.1 Å². The fourth-order valence-corrected chi connectivity index (χ4v) is 4.43. The molecule has 1 N–H and O–H groups in total. The molecule has 4 unspecified atom stereocenters. The first-order valence-corrected chi connectivity index (χ1v) is 8.79. The number of hydrogen-bond donors (Lipinski definition) is 1. The molecule has 3 nitrogen and oxygen atoms in total. The molecule has 0 radical (unpaired) electrons. The highest BCUT2D eigenvalue weighted by Crippen LogP contribution is 2.46. The summed E-state index contributed by atoms with van der Waals surface area (Å²) in [5.74, 6) is 1.89. The highest BCUT2D eigenvalue weighted by Gasteiger charge is 2.50. The molecule has 4 fully saturated rings. The maximum atomic E-state index is 6.11. The van der Waals surface area contributed by atoms with Gasteiger partial charge >= 0.3 is 0 Å². The molecule has 20 heavy (non-hydrogen) atoms. The minimum absolute atomic E-state index is 0.389. The summed E-state index contributed by atoms with van der Waals surface area (Å²) in [6.07, 6.45) is 9.25. The van der Waals surface area contributed by atoms with Crippen LogP contribution in [0.25, 0.3) is 0 Å². The van der Waals surface area contributed by atoms with E-state index >= 15 is 0 Å². The number of rotatable bonds is 4. The van der Waals surface area contributed by atoms with Crippen LogP contribution in [0.5, 0.6) is 0 Å². The summed E-state index contributed by atoms with van der Waals surface area (Å²) in [6.45, 7) is 8.35. The molecule has 0 bridgehead atoms. The second-order valence-electron chi connectivity index (χ2n) is 8.01. The van der Waals surface area contributed by atoms with Crippen LogP contribution in [0.1, 0.15) is 52.4 Å². The van der Waals surface area contributed by atoms with Crippen LogP contribution in [0.4, 0.5) is 0 Å². The standard InChI is InChI=1S/C17H30N2O/c1-12-3-8-15(20-12)9-19-10-16(13-4-5-13)18-11-17(19,2)14-6-7-14/h12-16,18H,3-11H2,1-2H3. The van der Waals surface area contributed by atoms with Crippen molar-refractivity contribution in [2.75, 3.05) is 19.6 Å². The van der Waals surface area contributed by atoms with E-state index in [0.717, 1.165) is 17.9 Å². The van der Waals surface area contributed by atoms with Crippen LogP contribution in [0, 0.1) is 11.8 Å². The lowest BCUT2D eigenvalue weighted by molar-refractivity contribution is -0.0271. The summed E-state index contributed by atoms with van der Waals surface area (Å²) in [6, 6.07) is 0.751. The van der Waals surface area contributed by atoms with E-state index in [1.54, 1.807) is 0 Å². The topological polar surface area (TPSA) is 24.5 Å². The Morgan fingerprint density at radius 2 is 1.95 bits per heavy atom. The molecule has 2 heterocycles. The van der Waals surface area contributed by atoms with E-state index in [1.807, 2.05) is 0 Å². The van der Waals surface area contributed by atoms with E-state index in [-0.39, 0.29) is 0 Å². The van der Waals surface area contributed by atoms with Gasteiger partial charge in [0.15, 0.2) is 0 Å². The Hall–Kier alpha value is -0.120. The monoisotopic (exact) mass is 278 g/mol. The van der Waals surface area contributed by atoms with E-state index in [9.17, 15) is 0 Å². The molecular formula is C17H30N2O. The average Bonchev–Trinajstić information content (AvgIpc) is 3.31. The Morgan fingerprint density at radius 1 is 1.15 bits per heavy atom. The van der Waals surface area contributed by atoms with Gasteiger partial charge in [0, 0.05) is 31.2 Å². The smallest absolute Gasteiger partial charge is 0.0706 e. The van der Waals surface area contributed by atoms with Crippen LogP contribution in [0.3, 0.4) is 0 Å². The van der Waals surface area contributed by atoms with E-state index in [1.165, 1.54) is 58.2 Å². The Bertz CT molecular complexity index is 366. The van der Waals surface area contributed by atoms with E-state index in [0.29, 0.717) is 17.7 Å². The van der Waals surface area contributed by atoms with Crippen molar-refractivity contribution in [2.45, 2.75) is 76.2 Å². The lowest BCUT2D eigenvalue weighted by Gasteiger charge is -2.49. The summed E-state index contributed by atoms with van der Waals surface area (Å²) in [4.78, 5) is 2.81. The molecule has 0 spiro atoms. The van der Waals surface area contributed by atoms with Crippen molar-refractivity contribution in [3.05, 3.63) is 0 Å². The predicted molar refractivity (Wildman–Crippen MR) is 80.8 cm³/mol. The largest absolute Gasteiger partial charge is 0.374 e. The van der Waals surface area contributed by atoms with Crippen molar-refractivity contribution in [3.63, 3.8) is 0 Å². The minimum Gasteiger partial charge on any atom is -0.374 e. The van der Waals surface area contributed by atoms with Gasteiger partial charge < -0.3 is 10.1 Å². The average molecular weight is 278 g/mol. The molecule has 2 saturated carbocycles. The normalized spacial score (nSPS) is 46.8. The summed E-state index contributed by atoms with van der Waals surface area (Å²) in [5, 5.41) is 3.87. The van der Waals surface area contributed by atoms with Gasteiger partial charge in [-0.25, -0.2) is 0 Å². The molecule has 3 heteroatoms. The number of hydrogen-bond acceptors (Lipinski definition) is 3. The molecule has 4 rings (SSSR count). The second-order valence-corrected chi connectivity index (χ2v) is 8.01. The van der Waals surface area contributed by atoms with Gasteiger partial charge in [-0.1, -0.05) is 0 Å². The lowest BCUT2D eigenvalue weighted by Crippen LogP contribution is -2.66. The molecule has 2 saturated heterocycles. The highest BCUT2D eigenvalue weighted by atomic mass is 16.5. The molecule has 114 valence electrons. The maximum absolute atomic E-state index is 6.11. The van der Waals surface area contributed by atoms with Crippen molar-refractivity contribution in [1.82, 2.24) is 10.2 Å². The number of piperazine rings is 1. The van der Waals surface area contributed by atoms with Gasteiger partial charge in [-0.15, -0.1) is 0 Å². The third-order valence-electron chi connectivity index (χ3n) is 6.25. The molecule has 0 amide bonds. The SMILES string of the molecule is CC1CCC(CN2CC(C3CC3)NCC2(C)C2CC2)O1. The zero-order valence-electron chi connectivity index (χ0n) is 13.1. The highest BCUT2D eigenvalue weighted by molar-refractivity contribution is 5.07. The number of ether oxygens (including phenoxy) is 1. The first-order chi connectivity index (χ1) is 9.65. The Kier molecular flexibility index (Phi) is 3.36. The molecule has 4 atom stereocenters. The zero-order chi connectivity index (χ0) is 13.7. The summed E-state index contributed by atoms with van der Waals surface area (Å²) >= 11 is 0. The summed E-state index contributed by atoms with van der Waals surface area (Å²) in [5.41, 5.74) is 0.389. The van der Waals surface area contributed by atoms with Gasteiger partial charge in [-0.3, -0.25) is 4.90 Å². The van der Waals surface area contributed by atoms with Crippen LogP contribution in [-0.4, -0.2) is 48.3 Å². The van der Waals surface area contributed by atoms with Crippen LogP contribution >= 0.6 is 0 Å². The molecule has 2 aliphatic carbocycles. The van der Waals surface area contributed by atoms with Crippen molar-refractivity contribution in [2.24, 2.45) is 11.8 Å². The number of nitrogens with zero attached hydrogens (tertiary/aromatic N) is 1. The van der Waals surface area contributed by atoms with Crippen molar-refractivity contribution in [1.29, 1.82) is 0 Å². The van der Waals surface area contributed by atoms with Gasteiger partial charge in [0.2, 0.25) is 0 Å². The van der Waals surface area contributed by atoms with Gasteiger partial charge in [0.05, 0.1) is 12.2 Å². The van der Waals surface area contributed by atoms with Crippen LogP contribution in [0.2, 0.25) is 0 Å². The fraction of sp³-hybridized carbons (Fsp3) is 1.00. The maximum Gasteiger partial charge on any atom is 0.0706 e. The van der Waals surface area contributed by atoms with Gasteiger partial charge in [0.25, 0.3) is 0 Å². The van der Waals surface area contributed by atoms with E-state index in [4.69, 9.17) is 4.74 Å². The molecule has 0 aromatic rings. The Balaban J connectivity index is 1.45. The Morgan fingerprint density at radius 3 is 2.55 bits per heavy atom. The first-order valence-electron chi connectivity index (χ1n) is 8.79. The molecule has 4 aliphatic rings. The molecular weight excluding hydrogens is 248 g/mol. The minimum atomic E-state index is 0.389. The molecule has 0 aromatic heterocycles. The number of nitrogens with one attached hydrogen (secondary N) is 1. The van der Waals surface area contributed by atoms with Gasteiger partial charge in [0.1, 0.15) is 0 Å². The van der Waals surface area contributed by atoms with Crippen molar-refractivity contribution in [3.8, 4) is 0 Å². The van der Waals surface area contributed by atoms with E-state index < -0.39 is 0 Å². The van der Waals surface area contributed by atoms with Crippen LogP contribution in [-0.2, 0) is 4.74 Å². The van der Waals surface area contributed by atoms with Gasteiger partial charge in [-0.2, -0.15) is 0 Å². The van der Waals surface area contributed by atoms with Gasteiger partial charge in [-0.05, 0) is 64.2 Å². The third kappa shape index (κ3) is 2.53. The molecule has 0 aromatic carbocycles. The van der Waals surface area contributed by atoms with Crippen LogP contribution in [0.15, 0.2) is 0 Å². The fourth-order valence-electron chi connectivity index (χ4n) is 4.43. The summed E-state index contributed by atoms with van der Waals surface area (Å²) < 4.78 is 6.11. The van der Waals surface area contributed by atoms with Crippen LogP contribution < -0.4 is 5.32 Å². The first kappa shape index (κ1) is 13.5. The summed E-state index contributed by atoms with van der Waals surface area (Å²) in [7, 11) is 0.